The molecule has 0 spiro atoms. The Bertz CT molecular complexity index is 1020. The number of hydrogen-bond donors (Lipinski definition) is 1. The summed E-state index contributed by atoms with van der Waals surface area (Å²) in [5.74, 6) is -1.48. The quantitative estimate of drug-likeness (QED) is 0.323. The topological polar surface area (TPSA) is 87.0 Å². The minimum atomic E-state index is -0.775. The van der Waals surface area contributed by atoms with E-state index >= 15 is 0 Å². The van der Waals surface area contributed by atoms with Gasteiger partial charge in [0, 0.05) is 30.9 Å². The second-order valence-electron chi connectivity index (χ2n) is 7.90. The van der Waals surface area contributed by atoms with Crippen LogP contribution in [-0.2, 0) is 9.59 Å². The number of likely N-dealkylation sites (tertiary alicyclic amines) is 1. The Kier molecular flexibility index (Phi) is 8.47. The molecule has 1 amide bonds. The van der Waals surface area contributed by atoms with Gasteiger partial charge in [0.05, 0.1) is 37.3 Å². The van der Waals surface area contributed by atoms with Crippen LogP contribution in [0.1, 0.15) is 44.4 Å². The Morgan fingerprint density at radius 3 is 2.58 bits per heavy atom. The molecule has 8 heteroatoms. The summed E-state index contributed by atoms with van der Waals surface area (Å²) >= 11 is 6.27. The van der Waals surface area contributed by atoms with Crippen LogP contribution >= 0.6 is 11.6 Å². The molecule has 0 aliphatic carbocycles. The molecule has 176 valence electrons. The molecule has 1 aliphatic rings. The molecule has 1 unspecified atom stereocenters. The number of aromatic nitrogens is 1. The lowest BCUT2D eigenvalue weighted by molar-refractivity contribution is -0.896. The number of pyridine rings is 1. The van der Waals surface area contributed by atoms with Crippen molar-refractivity contribution in [2.75, 3.05) is 32.8 Å². The predicted molar refractivity (Wildman–Crippen MR) is 125 cm³/mol. The van der Waals surface area contributed by atoms with Gasteiger partial charge in [0.15, 0.2) is 0 Å². The summed E-state index contributed by atoms with van der Waals surface area (Å²) in [4.78, 5) is 33.1. The number of hydrogen-bond acceptors (Lipinski definition) is 5. The first-order valence-electron chi connectivity index (χ1n) is 11.3. The van der Waals surface area contributed by atoms with Gasteiger partial charge in [-0.1, -0.05) is 29.5 Å². The highest BCUT2D eigenvalue weighted by molar-refractivity contribution is 6.46. The van der Waals surface area contributed by atoms with Crippen molar-refractivity contribution in [3.05, 3.63) is 64.4 Å². The molecule has 1 aliphatic heterocycles. The molecule has 33 heavy (non-hydrogen) atoms. The van der Waals surface area contributed by atoms with Crippen molar-refractivity contribution < 1.29 is 24.3 Å². The van der Waals surface area contributed by atoms with E-state index in [1.807, 2.05) is 6.92 Å². The third-order valence-electron chi connectivity index (χ3n) is 5.95. The Morgan fingerprint density at radius 2 is 1.97 bits per heavy atom. The zero-order chi connectivity index (χ0) is 24.0. The molecule has 1 aromatic carbocycles. The molecule has 0 radical (unpaired) electrons. The van der Waals surface area contributed by atoms with Crippen molar-refractivity contribution in [2.45, 2.75) is 33.2 Å². The third kappa shape index (κ3) is 5.37. The van der Waals surface area contributed by atoms with E-state index in [1.165, 1.54) is 15.9 Å². The number of quaternary nitrogens is 1. The average Bonchev–Trinajstić information content (AvgIpc) is 3.08. The van der Waals surface area contributed by atoms with Gasteiger partial charge < -0.3 is 19.6 Å². The summed E-state index contributed by atoms with van der Waals surface area (Å²) in [6.45, 7) is 9.75. The molecule has 0 saturated carbocycles. The standard InChI is InChI=1S/C25H30ClN3O4/c1-4-28(5-2)13-8-14-29-22(18-9-7-12-27-16-18)21(24(31)25(29)32)23(30)17-10-11-20(33-6-3)19(26)15-17/h7,9-12,15-16,22,30H,4-6,8,13-14H2,1-3H3. The maximum Gasteiger partial charge on any atom is 0.295 e. The van der Waals surface area contributed by atoms with E-state index in [-0.39, 0.29) is 16.2 Å². The van der Waals surface area contributed by atoms with Crippen LogP contribution in [-0.4, -0.2) is 54.4 Å². The predicted octanol–water partition coefficient (Wildman–Crippen LogP) is 1.67. The monoisotopic (exact) mass is 471 g/mol. The van der Waals surface area contributed by atoms with Gasteiger partial charge in [0.2, 0.25) is 5.78 Å². The van der Waals surface area contributed by atoms with Crippen LogP contribution in [0.2, 0.25) is 5.02 Å². The lowest BCUT2D eigenvalue weighted by Gasteiger charge is -2.28. The van der Waals surface area contributed by atoms with E-state index in [9.17, 15) is 14.7 Å². The fourth-order valence-corrected chi connectivity index (χ4v) is 4.39. The Balaban J connectivity index is 2.01. The maximum absolute atomic E-state index is 13.5. The Morgan fingerprint density at radius 1 is 1.21 bits per heavy atom. The number of carbonyl (C=O) groups excluding carboxylic acids is 2. The molecule has 2 aromatic rings. The lowest BCUT2D eigenvalue weighted by atomic mass is 9.96. The normalized spacial score (nSPS) is 17.7. The van der Waals surface area contributed by atoms with Crippen LogP contribution in [0.3, 0.4) is 0 Å². The third-order valence-corrected chi connectivity index (χ3v) is 6.25. The fraction of sp³-hybridized carbons (Fsp3) is 0.400. The number of amides is 1. The van der Waals surface area contributed by atoms with Crippen LogP contribution in [0.25, 0.3) is 5.76 Å². The second-order valence-corrected chi connectivity index (χ2v) is 8.31. The van der Waals surface area contributed by atoms with Crippen molar-refractivity contribution in [1.29, 1.82) is 0 Å². The molecular formula is C25H30ClN3O4. The zero-order valence-corrected chi connectivity index (χ0v) is 20.0. The Hall–Kier alpha value is -2.90. The molecule has 0 bridgehead atoms. The largest absolute Gasteiger partial charge is 0.872 e. The van der Waals surface area contributed by atoms with Gasteiger partial charge in [-0.2, -0.15) is 0 Å². The van der Waals surface area contributed by atoms with E-state index in [2.05, 4.69) is 18.8 Å². The van der Waals surface area contributed by atoms with E-state index in [0.29, 0.717) is 24.5 Å². The summed E-state index contributed by atoms with van der Waals surface area (Å²) in [6, 6.07) is 7.39. The number of ketones is 1. The summed E-state index contributed by atoms with van der Waals surface area (Å²) < 4.78 is 5.43. The molecule has 1 N–H and O–H groups in total. The van der Waals surface area contributed by atoms with Gasteiger partial charge in [-0.25, -0.2) is 0 Å². The van der Waals surface area contributed by atoms with E-state index < -0.39 is 23.5 Å². The van der Waals surface area contributed by atoms with Crippen LogP contribution < -0.4 is 14.7 Å². The molecule has 1 aromatic heterocycles. The number of carbonyl (C=O) groups is 2. The summed E-state index contributed by atoms with van der Waals surface area (Å²) in [6.07, 6.45) is 3.94. The van der Waals surface area contributed by atoms with Crippen molar-refractivity contribution in [3.63, 3.8) is 0 Å². The van der Waals surface area contributed by atoms with Gasteiger partial charge in [0.25, 0.3) is 5.91 Å². The number of benzene rings is 1. The van der Waals surface area contributed by atoms with Crippen molar-refractivity contribution in [3.8, 4) is 5.75 Å². The highest BCUT2D eigenvalue weighted by Crippen LogP contribution is 2.39. The fourth-order valence-electron chi connectivity index (χ4n) is 4.16. The minimum absolute atomic E-state index is 0.0663. The first-order chi connectivity index (χ1) is 15.9. The van der Waals surface area contributed by atoms with Crippen LogP contribution in [0.15, 0.2) is 48.3 Å². The molecular weight excluding hydrogens is 442 g/mol. The number of ether oxygens (including phenoxy) is 1. The number of halogens is 1. The van der Waals surface area contributed by atoms with E-state index in [4.69, 9.17) is 16.3 Å². The first kappa shape index (κ1) is 24.7. The molecule has 2 heterocycles. The van der Waals surface area contributed by atoms with Gasteiger partial charge in [-0.3, -0.25) is 14.6 Å². The molecule has 1 fully saturated rings. The minimum Gasteiger partial charge on any atom is -0.872 e. The van der Waals surface area contributed by atoms with Crippen LogP contribution in [0.5, 0.6) is 5.75 Å². The number of nitrogens with one attached hydrogen (secondary N) is 1. The Labute approximate surface area is 199 Å². The lowest BCUT2D eigenvalue weighted by Crippen LogP contribution is -3.11. The van der Waals surface area contributed by atoms with E-state index in [1.54, 1.807) is 36.7 Å². The zero-order valence-electron chi connectivity index (χ0n) is 19.3. The first-order valence-corrected chi connectivity index (χ1v) is 11.7. The molecule has 7 nitrogen and oxygen atoms in total. The molecule has 3 rings (SSSR count). The highest BCUT2D eigenvalue weighted by Gasteiger charge is 2.44. The summed E-state index contributed by atoms with van der Waals surface area (Å²) in [5, 5.41) is 13.7. The van der Waals surface area contributed by atoms with E-state index in [0.717, 1.165) is 26.1 Å². The number of Topliss-reactive ketones (excluding diaryl/α,β-unsaturated/α-hetero) is 1. The van der Waals surface area contributed by atoms with Crippen molar-refractivity contribution >= 4 is 29.1 Å². The smallest absolute Gasteiger partial charge is 0.295 e. The summed E-state index contributed by atoms with van der Waals surface area (Å²) in [7, 11) is 0. The summed E-state index contributed by atoms with van der Waals surface area (Å²) in [5.41, 5.74) is 0.804. The van der Waals surface area contributed by atoms with Crippen molar-refractivity contribution in [1.82, 2.24) is 9.88 Å². The van der Waals surface area contributed by atoms with Crippen LogP contribution in [0, 0.1) is 0 Å². The van der Waals surface area contributed by atoms with Crippen LogP contribution in [0.4, 0.5) is 0 Å². The number of rotatable bonds is 10. The molecule has 1 atom stereocenters. The highest BCUT2D eigenvalue weighted by atomic mass is 35.5. The second kappa shape index (κ2) is 11.3. The van der Waals surface area contributed by atoms with Gasteiger partial charge in [0.1, 0.15) is 5.75 Å². The van der Waals surface area contributed by atoms with Gasteiger partial charge in [-0.05, 0) is 50.1 Å². The van der Waals surface area contributed by atoms with Crippen molar-refractivity contribution in [2.24, 2.45) is 0 Å². The number of nitrogens with zero attached hydrogens (tertiary/aromatic N) is 2. The molecule has 1 saturated heterocycles. The maximum atomic E-state index is 13.5. The van der Waals surface area contributed by atoms with Gasteiger partial charge >= 0.3 is 0 Å². The average molecular weight is 472 g/mol. The SMILES string of the molecule is CCOc1ccc(C([O-])=C2C(=O)C(=O)N(CCC[NH+](CC)CC)C2c2cccnc2)cc1Cl. The van der Waals surface area contributed by atoms with Gasteiger partial charge in [-0.15, -0.1) is 0 Å².